The lowest BCUT2D eigenvalue weighted by Crippen LogP contribution is -2.64. The molecular formula is C12H21NO4. The van der Waals surface area contributed by atoms with E-state index >= 15 is 0 Å². The van der Waals surface area contributed by atoms with Gasteiger partial charge in [0.2, 0.25) is 0 Å². The third kappa shape index (κ3) is 2.78. The van der Waals surface area contributed by atoms with E-state index < -0.39 is 11.5 Å². The van der Waals surface area contributed by atoms with Crippen molar-refractivity contribution in [2.75, 3.05) is 19.8 Å². The maximum atomic E-state index is 11.3. The quantitative estimate of drug-likeness (QED) is 0.721. The average molecular weight is 243 g/mol. The van der Waals surface area contributed by atoms with E-state index in [9.17, 15) is 9.90 Å². The van der Waals surface area contributed by atoms with Crippen LogP contribution in [0.5, 0.6) is 0 Å². The molecule has 1 aliphatic carbocycles. The molecule has 0 amide bonds. The fourth-order valence-corrected chi connectivity index (χ4v) is 2.58. The zero-order chi connectivity index (χ0) is 12.3. The van der Waals surface area contributed by atoms with Gasteiger partial charge in [0.05, 0.1) is 12.2 Å². The second-order valence-corrected chi connectivity index (χ2v) is 4.89. The largest absolute Gasteiger partial charge is 0.480 e. The Morgan fingerprint density at radius 2 is 2.35 bits per heavy atom. The molecule has 2 fully saturated rings. The molecule has 1 heterocycles. The van der Waals surface area contributed by atoms with Gasteiger partial charge in [-0.3, -0.25) is 10.1 Å². The van der Waals surface area contributed by atoms with Gasteiger partial charge in [-0.15, -0.1) is 0 Å². The Labute approximate surface area is 101 Å². The molecule has 1 unspecified atom stereocenters. The Morgan fingerprint density at radius 1 is 1.59 bits per heavy atom. The predicted molar refractivity (Wildman–Crippen MR) is 62.0 cm³/mol. The maximum absolute atomic E-state index is 11.3. The Hall–Kier alpha value is -0.650. The molecule has 2 rings (SSSR count). The van der Waals surface area contributed by atoms with Gasteiger partial charge in [0.25, 0.3) is 0 Å². The fraction of sp³-hybridized carbons (Fsp3) is 0.917. The van der Waals surface area contributed by atoms with Gasteiger partial charge in [0.1, 0.15) is 5.54 Å². The summed E-state index contributed by atoms with van der Waals surface area (Å²) in [6, 6.07) is 0. The van der Waals surface area contributed by atoms with E-state index in [-0.39, 0.29) is 12.2 Å². The number of aliphatic carboxylic acids is 1. The lowest BCUT2D eigenvalue weighted by Gasteiger charge is -2.44. The number of hydrogen-bond donors (Lipinski definition) is 2. The summed E-state index contributed by atoms with van der Waals surface area (Å²) in [7, 11) is 0. The molecule has 0 aromatic rings. The van der Waals surface area contributed by atoms with Gasteiger partial charge in [-0.2, -0.15) is 0 Å². The molecule has 1 atom stereocenters. The predicted octanol–water partition coefficient (Wildman–Crippen LogP) is 0.777. The van der Waals surface area contributed by atoms with E-state index in [0.29, 0.717) is 26.0 Å². The van der Waals surface area contributed by atoms with Gasteiger partial charge in [0.15, 0.2) is 0 Å². The minimum atomic E-state index is -0.786. The molecule has 5 heteroatoms. The molecule has 1 aliphatic heterocycles. The van der Waals surface area contributed by atoms with E-state index in [0.717, 1.165) is 19.4 Å². The van der Waals surface area contributed by atoms with E-state index in [1.807, 2.05) is 6.92 Å². The maximum Gasteiger partial charge on any atom is 0.324 e. The molecule has 1 saturated carbocycles. The van der Waals surface area contributed by atoms with Crippen molar-refractivity contribution in [1.82, 2.24) is 5.32 Å². The van der Waals surface area contributed by atoms with Crippen LogP contribution in [0.3, 0.4) is 0 Å². The number of ether oxygens (including phenoxy) is 2. The summed E-state index contributed by atoms with van der Waals surface area (Å²) in [5.41, 5.74) is -0.786. The summed E-state index contributed by atoms with van der Waals surface area (Å²) >= 11 is 0. The highest BCUT2D eigenvalue weighted by atomic mass is 16.5. The van der Waals surface area contributed by atoms with Gasteiger partial charge in [-0.25, -0.2) is 0 Å². The van der Waals surface area contributed by atoms with Crippen molar-refractivity contribution in [3.63, 3.8) is 0 Å². The smallest absolute Gasteiger partial charge is 0.324 e. The zero-order valence-corrected chi connectivity index (χ0v) is 10.3. The third-order valence-electron chi connectivity index (χ3n) is 3.66. The van der Waals surface area contributed by atoms with Crippen LogP contribution in [0.25, 0.3) is 0 Å². The van der Waals surface area contributed by atoms with E-state index in [2.05, 4.69) is 5.32 Å². The lowest BCUT2D eigenvalue weighted by molar-refractivity contribution is -0.158. The van der Waals surface area contributed by atoms with Gasteiger partial charge >= 0.3 is 5.97 Å². The van der Waals surface area contributed by atoms with Gasteiger partial charge in [-0.05, 0) is 19.8 Å². The van der Waals surface area contributed by atoms with Crippen LogP contribution in [0.15, 0.2) is 0 Å². The zero-order valence-electron chi connectivity index (χ0n) is 10.3. The van der Waals surface area contributed by atoms with Crippen LogP contribution in [0, 0.1) is 0 Å². The highest BCUT2D eigenvalue weighted by Crippen LogP contribution is 2.35. The molecule has 0 radical (unpaired) electrons. The van der Waals surface area contributed by atoms with Crippen molar-refractivity contribution in [1.29, 1.82) is 0 Å². The standard InChI is InChI=1S/C12H21NO4/c1-2-16-10-6-12(7-10,11(14)15)13-8-9-4-3-5-17-9/h9-10,13H,2-8H2,1H3,(H,14,15). The highest BCUT2D eigenvalue weighted by Gasteiger charge is 2.51. The summed E-state index contributed by atoms with van der Waals surface area (Å²) in [6.07, 6.45) is 3.49. The summed E-state index contributed by atoms with van der Waals surface area (Å²) in [6.45, 7) is 4.01. The minimum Gasteiger partial charge on any atom is -0.480 e. The molecule has 5 nitrogen and oxygen atoms in total. The van der Waals surface area contributed by atoms with Crippen LogP contribution in [0.4, 0.5) is 0 Å². The van der Waals surface area contributed by atoms with Crippen LogP contribution in [-0.4, -0.2) is 48.6 Å². The monoisotopic (exact) mass is 243 g/mol. The average Bonchev–Trinajstić information content (AvgIpc) is 2.73. The minimum absolute atomic E-state index is 0.0908. The Morgan fingerprint density at radius 3 is 2.88 bits per heavy atom. The highest BCUT2D eigenvalue weighted by molar-refractivity contribution is 5.80. The summed E-state index contributed by atoms with van der Waals surface area (Å²) < 4.78 is 10.9. The Balaban J connectivity index is 1.80. The molecule has 0 bridgehead atoms. The number of carbonyl (C=O) groups is 1. The SMILES string of the molecule is CCOC1CC(NCC2CCCO2)(C(=O)O)C1. The first-order valence-corrected chi connectivity index (χ1v) is 6.38. The molecule has 17 heavy (non-hydrogen) atoms. The number of carboxylic acid groups (broad SMARTS) is 1. The molecule has 0 spiro atoms. The van der Waals surface area contributed by atoms with Crippen molar-refractivity contribution >= 4 is 5.97 Å². The van der Waals surface area contributed by atoms with Crippen molar-refractivity contribution < 1.29 is 19.4 Å². The Kier molecular flexibility index (Phi) is 4.01. The summed E-state index contributed by atoms with van der Waals surface area (Å²) in [5, 5.41) is 12.4. The van der Waals surface area contributed by atoms with Crippen LogP contribution in [0.1, 0.15) is 32.6 Å². The lowest BCUT2D eigenvalue weighted by atomic mass is 9.74. The van der Waals surface area contributed by atoms with Crippen LogP contribution in [0.2, 0.25) is 0 Å². The van der Waals surface area contributed by atoms with Gasteiger partial charge in [0, 0.05) is 32.6 Å². The topological polar surface area (TPSA) is 67.8 Å². The molecule has 0 aromatic heterocycles. The first-order valence-electron chi connectivity index (χ1n) is 6.38. The first-order chi connectivity index (χ1) is 8.16. The molecule has 2 aliphatic rings. The number of nitrogens with one attached hydrogen (secondary N) is 1. The molecule has 1 saturated heterocycles. The van der Waals surface area contributed by atoms with E-state index in [4.69, 9.17) is 9.47 Å². The number of rotatable bonds is 6. The second kappa shape index (κ2) is 5.33. The van der Waals surface area contributed by atoms with Gasteiger partial charge in [-0.1, -0.05) is 0 Å². The van der Waals surface area contributed by atoms with Crippen molar-refractivity contribution in [3.8, 4) is 0 Å². The van der Waals surface area contributed by atoms with Crippen LogP contribution in [-0.2, 0) is 14.3 Å². The summed E-state index contributed by atoms with van der Waals surface area (Å²) in [5.74, 6) is -0.772. The van der Waals surface area contributed by atoms with Gasteiger partial charge < -0.3 is 14.6 Å². The molecule has 2 N–H and O–H groups in total. The van der Waals surface area contributed by atoms with Crippen LogP contribution < -0.4 is 5.32 Å². The fourth-order valence-electron chi connectivity index (χ4n) is 2.58. The van der Waals surface area contributed by atoms with E-state index in [1.54, 1.807) is 0 Å². The normalized spacial score (nSPS) is 36.8. The second-order valence-electron chi connectivity index (χ2n) is 4.89. The Bertz CT molecular complexity index is 270. The molecular weight excluding hydrogens is 222 g/mol. The first kappa shape index (κ1) is 12.8. The molecule has 0 aromatic carbocycles. The van der Waals surface area contributed by atoms with Crippen molar-refractivity contribution in [2.24, 2.45) is 0 Å². The number of hydrogen-bond acceptors (Lipinski definition) is 4. The summed E-state index contributed by atoms with van der Waals surface area (Å²) in [4.78, 5) is 11.3. The van der Waals surface area contributed by atoms with Crippen molar-refractivity contribution in [2.45, 2.75) is 50.4 Å². The number of carboxylic acids is 1. The van der Waals surface area contributed by atoms with Crippen molar-refractivity contribution in [3.05, 3.63) is 0 Å². The van der Waals surface area contributed by atoms with Crippen LogP contribution >= 0.6 is 0 Å². The molecule has 98 valence electrons. The third-order valence-corrected chi connectivity index (χ3v) is 3.66. The van der Waals surface area contributed by atoms with E-state index in [1.165, 1.54) is 0 Å².